The van der Waals surface area contributed by atoms with Crippen molar-refractivity contribution in [1.82, 2.24) is 5.32 Å². The standard InChI is InChI=1S/C14H22BNO4/c1-13(2,18)14(3,4)20-15(19)11-9-7-6-8-10(11)12(17)16-5/h6-9,18-19H,1-5H3,(H,16,17). The zero-order valence-electron chi connectivity index (χ0n) is 12.6. The van der Waals surface area contributed by atoms with Crippen LogP contribution in [0.15, 0.2) is 24.3 Å². The van der Waals surface area contributed by atoms with E-state index in [9.17, 15) is 14.9 Å². The predicted octanol–water partition coefficient (Wildman–Crippen LogP) is 0.300. The van der Waals surface area contributed by atoms with Gasteiger partial charge in [-0.05, 0) is 39.2 Å². The SMILES string of the molecule is CNC(=O)c1ccccc1B(O)OC(C)(C)C(C)(C)O. The molecule has 1 aromatic rings. The lowest BCUT2D eigenvalue weighted by molar-refractivity contribution is -0.0982. The van der Waals surface area contributed by atoms with Crippen molar-refractivity contribution in [3.63, 3.8) is 0 Å². The summed E-state index contributed by atoms with van der Waals surface area (Å²) in [5, 5.41) is 22.8. The zero-order valence-corrected chi connectivity index (χ0v) is 12.6. The number of hydrogen-bond acceptors (Lipinski definition) is 4. The van der Waals surface area contributed by atoms with E-state index in [-0.39, 0.29) is 5.91 Å². The molecule has 1 aromatic carbocycles. The lowest BCUT2D eigenvalue weighted by Gasteiger charge is -2.38. The Kier molecular flexibility index (Phi) is 4.97. The van der Waals surface area contributed by atoms with Gasteiger partial charge in [0.05, 0.1) is 11.2 Å². The first-order valence-corrected chi connectivity index (χ1v) is 6.49. The van der Waals surface area contributed by atoms with Crippen LogP contribution < -0.4 is 10.8 Å². The third-order valence-corrected chi connectivity index (χ3v) is 3.58. The molecule has 0 aromatic heterocycles. The zero-order chi connectivity index (χ0) is 15.6. The van der Waals surface area contributed by atoms with Gasteiger partial charge in [-0.25, -0.2) is 0 Å². The largest absolute Gasteiger partial charge is 0.492 e. The van der Waals surface area contributed by atoms with Crippen LogP contribution in [-0.2, 0) is 4.65 Å². The van der Waals surface area contributed by atoms with Gasteiger partial charge >= 0.3 is 7.12 Å². The Bertz CT molecular complexity index is 482. The van der Waals surface area contributed by atoms with Crippen LogP contribution in [0, 0.1) is 0 Å². The van der Waals surface area contributed by atoms with Gasteiger partial charge in [0.25, 0.3) is 5.91 Å². The van der Waals surface area contributed by atoms with Crippen LogP contribution in [0.2, 0.25) is 0 Å². The summed E-state index contributed by atoms with van der Waals surface area (Å²) in [5.41, 5.74) is -1.42. The molecule has 0 aliphatic carbocycles. The molecule has 0 saturated heterocycles. The molecule has 1 amide bonds. The molecule has 5 nitrogen and oxygen atoms in total. The topological polar surface area (TPSA) is 78.8 Å². The number of hydrogen-bond donors (Lipinski definition) is 3. The molecule has 3 N–H and O–H groups in total. The Labute approximate surface area is 120 Å². The highest BCUT2D eigenvalue weighted by atomic mass is 16.5. The van der Waals surface area contributed by atoms with Crippen molar-refractivity contribution in [2.24, 2.45) is 0 Å². The van der Waals surface area contributed by atoms with Crippen LogP contribution in [-0.4, -0.2) is 41.4 Å². The average molecular weight is 279 g/mol. The van der Waals surface area contributed by atoms with Crippen molar-refractivity contribution < 1.29 is 19.6 Å². The van der Waals surface area contributed by atoms with Crippen LogP contribution in [0.3, 0.4) is 0 Å². The fourth-order valence-corrected chi connectivity index (χ4v) is 1.54. The fourth-order valence-electron chi connectivity index (χ4n) is 1.54. The van der Waals surface area contributed by atoms with E-state index in [2.05, 4.69) is 5.32 Å². The summed E-state index contributed by atoms with van der Waals surface area (Å²) in [4.78, 5) is 11.8. The first-order valence-electron chi connectivity index (χ1n) is 6.49. The molecule has 6 heteroatoms. The van der Waals surface area contributed by atoms with Crippen LogP contribution >= 0.6 is 0 Å². The van der Waals surface area contributed by atoms with Crippen molar-refractivity contribution >= 4 is 18.5 Å². The average Bonchev–Trinajstić information content (AvgIpc) is 2.36. The minimum Gasteiger partial charge on any atom is -0.423 e. The van der Waals surface area contributed by atoms with Crippen LogP contribution in [0.5, 0.6) is 0 Å². The monoisotopic (exact) mass is 279 g/mol. The quantitative estimate of drug-likeness (QED) is 0.677. The summed E-state index contributed by atoms with van der Waals surface area (Å²) in [5.74, 6) is -0.302. The summed E-state index contributed by atoms with van der Waals surface area (Å²) in [6.07, 6.45) is 0. The van der Waals surface area contributed by atoms with E-state index >= 15 is 0 Å². The van der Waals surface area contributed by atoms with E-state index in [1.165, 1.54) is 7.05 Å². The van der Waals surface area contributed by atoms with Gasteiger partial charge in [-0.2, -0.15) is 0 Å². The second kappa shape index (κ2) is 5.95. The molecular weight excluding hydrogens is 257 g/mol. The minimum absolute atomic E-state index is 0.302. The lowest BCUT2D eigenvalue weighted by atomic mass is 9.74. The van der Waals surface area contributed by atoms with Crippen LogP contribution in [0.25, 0.3) is 0 Å². The summed E-state index contributed by atoms with van der Waals surface area (Å²) in [6.45, 7) is 6.56. The van der Waals surface area contributed by atoms with E-state index in [1.54, 1.807) is 52.0 Å². The van der Waals surface area contributed by atoms with Gasteiger partial charge in [0, 0.05) is 12.6 Å². The first kappa shape index (κ1) is 16.7. The Balaban J connectivity index is 3.05. The van der Waals surface area contributed by atoms with Gasteiger partial charge in [-0.1, -0.05) is 18.2 Å². The molecule has 0 radical (unpaired) electrons. The molecule has 0 aliphatic heterocycles. The predicted molar refractivity (Wildman–Crippen MR) is 78.9 cm³/mol. The van der Waals surface area contributed by atoms with Gasteiger partial charge in [0.2, 0.25) is 0 Å². The fraction of sp³-hybridized carbons (Fsp3) is 0.500. The maximum absolute atomic E-state index is 11.8. The first-order chi connectivity index (χ1) is 9.10. The van der Waals surface area contributed by atoms with Crippen molar-refractivity contribution in [2.45, 2.75) is 38.9 Å². The molecular formula is C14H22BNO4. The maximum Gasteiger partial charge on any atom is 0.492 e. The van der Waals surface area contributed by atoms with Crippen LogP contribution in [0.4, 0.5) is 0 Å². The molecule has 1 rings (SSSR count). The van der Waals surface area contributed by atoms with E-state index in [0.29, 0.717) is 11.0 Å². The maximum atomic E-state index is 11.8. The number of carbonyl (C=O) groups is 1. The lowest BCUT2D eigenvalue weighted by Crippen LogP contribution is -2.54. The minimum atomic E-state index is -1.30. The molecule has 110 valence electrons. The number of carbonyl (C=O) groups excluding carboxylic acids is 1. The molecule has 0 heterocycles. The molecule has 20 heavy (non-hydrogen) atoms. The number of aliphatic hydroxyl groups is 1. The second-order valence-electron chi connectivity index (χ2n) is 5.71. The smallest absolute Gasteiger partial charge is 0.423 e. The highest BCUT2D eigenvalue weighted by Gasteiger charge is 2.40. The Morgan fingerprint density at radius 1 is 1.25 bits per heavy atom. The normalized spacial score (nSPS) is 12.2. The second-order valence-corrected chi connectivity index (χ2v) is 5.71. The van der Waals surface area contributed by atoms with E-state index in [1.807, 2.05) is 0 Å². The number of amides is 1. The van der Waals surface area contributed by atoms with E-state index in [0.717, 1.165) is 0 Å². The van der Waals surface area contributed by atoms with Gasteiger partial charge in [0.15, 0.2) is 0 Å². The van der Waals surface area contributed by atoms with Crippen molar-refractivity contribution in [3.05, 3.63) is 29.8 Å². The molecule has 0 saturated carbocycles. The van der Waals surface area contributed by atoms with E-state index < -0.39 is 18.3 Å². The molecule has 0 unspecified atom stereocenters. The van der Waals surface area contributed by atoms with Gasteiger partial charge in [0.1, 0.15) is 0 Å². The summed E-state index contributed by atoms with van der Waals surface area (Å²) < 4.78 is 5.55. The summed E-state index contributed by atoms with van der Waals surface area (Å²) in [6, 6.07) is 6.65. The Morgan fingerprint density at radius 2 is 1.80 bits per heavy atom. The molecule has 0 bridgehead atoms. The summed E-state index contributed by atoms with van der Waals surface area (Å²) >= 11 is 0. The molecule has 0 spiro atoms. The third kappa shape index (κ3) is 3.59. The Morgan fingerprint density at radius 3 is 2.30 bits per heavy atom. The molecule has 0 aliphatic rings. The highest BCUT2D eigenvalue weighted by Crippen LogP contribution is 2.25. The third-order valence-electron chi connectivity index (χ3n) is 3.58. The van der Waals surface area contributed by atoms with Crippen LogP contribution in [0.1, 0.15) is 38.1 Å². The number of nitrogens with one attached hydrogen (secondary N) is 1. The van der Waals surface area contributed by atoms with Gasteiger partial charge in [-0.3, -0.25) is 4.79 Å². The van der Waals surface area contributed by atoms with Crippen molar-refractivity contribution in [1.29, 1.82) is 0 Å². The van der Waals surface area contributed by atoms with Crippen molar-refractivity contribution in [2.75, 3.05) is 7.05 Å². The van der Waals surface area contributed by atoms with Gasteiger partial charge < -0.3 is 20.1 Å². The number of rotatable bonds is 5. The molecule has 0 atom stereocenters. The van der Waals surface area contributed by atoms with E-state index in [4.69, 9.17) is 4.65 Å². The Hall–Kier alpha value is -1.37. The van der Waals surface area contributed by atoms with Crippen molar-refractivity contribution in [3.8, 4) is 0 Å². The highest BCUT2D eigenvalue weighted by molar-refractivity contribution is 6.61. The molecule has 0 fully saturated rings. The number of benzene rings is 1. The van der Waals surface area contributed by atoms with Gasteiger partial charge in [-0.15, -0.1) is 0 Å². The summed E-state index contributed by atoms with van der Waals surface area (Å²) in [7, 11) is 0.220.